The molecule has 0 bridgehead atoms. The Morgan fingerprint density at radius 1 is 1.30 bits per heavy atom. The van der Waals surface area contributed by atoms with Gasteiger partial charge >= 0.3 is 5.97 Å². The number of aromatic nitrogens is 2. The van der Waals surface area contributed by atoms with Gasteiger partial charge in [-0.2, -0.15) is 5.26 Å². The molecule has 0 fully saturated rings. The van der Waals surface area contributed by atoms with Crippen molar-refractivity contribution in [3.05, 3.63) is 48.0 Å². The summed E-state index contributed by atoms with van der Waals surface area (Å²) in [6.07, 6.45) is 0.105. The van der Waals surface area contributed by atoms with Crippen molar-refractivity contribution in [1.82, 2.24) is 9.55 Å². The molecule has 10 nitrogen and oxygen atoms in total. The van der Waals surface area contributed by atoms with Crippen molar-refractivity contribution < 1.29 is 23.7 Å². The minimum Gasteiger partial charge on any atom is -0.478 e. The van der Waals surface area contributed by atoms with E-state index in [9.17, 15) is 10.1 Å². The predicted octanol–water partition coefficient (Wildman–Crippen LogP) is 2.80. The van der Waals surface area contributed by atoms with Crippen LogP contribution >= 0.6 is 0 Å². The van der Waals surface area contributed by atoms with Crippen LogP contribution in [0.1, 0.15) is 25.5 Å². The van der Waals surface area contributed by atoms with Crippen molar-refractivity contribution in [3.8, 4) is 11.9 Å². The van der Waals surface area contributed by atoms with Crippen LogP contribution in [0.2, 0.25) is 0 Å². The van der Waals surface area contributed by atoms with E-state index in [2.05, 4.69) is 10.3 Å². The van der Waals surface area contributed by atoms with Crippen molar-refractivity contribution in [3.63, 3.8) is 0 Å². The summed E-state index contributed by atoms with van der Waals surface area (Å²) in [5.74, 6) is 0.280. The number of benzene rings is 2. The van der Waals surface area contributed by atoms with Crippen LogP contribution in [0.4, 0.5) is 11.6 Å². The van der Waals surface area contributed by atoms with Crippen LogP contribution in [-0.4, -0.2) is 47.7 Å². The van der Waals surface area contributed by atoms with Gasteiger partial charge in [-0.15, -0.1) is 0 Å². The van der Waals surface area contributed by atoms with E-state index in [-0.39, 0.29) is 5.95 Å². The van der Waals surface area contributed by atoms with Crippen molar-refractivity contribution in [2.45, 2.75) is 37.9 Å². The number of para-hydroxylation sites is 2. The van der Waals surface area contributed by atoms with Gasteiger partial charge in [0.25, 0.3) is 0 Å². The standard InChI is InChI=1S/C23H25N5O5/c1-13(29)32-20-19(28-17-8-6-5-7-16(17)27-22(28)26-12-24)15-11-14(25)9-10-18(15)33-23(20,2)21(30-3)31-4/h5-11,19-21H,25H2,1-4H3,(H,26,27)/t19-,20+,23-/m0/s1. The van der Waals surface area contributed by atoms with Crippen LogP contribution < -0.4 is 15.8 Å². The van der Waals surface area contributed by atoms with Crippen molar-refractivity contribution in [2.75, 3.05) is 25.3 Å². The largest absolute Gasteiger partial charge is 0.478 e. The lowest BCUT2D eigenvalue weighted by Crippen LogP contribution is -2.62. The second kappa shape index (κ2) is 8.61. The van der Waals surface area contributed by atoms with E-state index < -0.39 is 30.0 Å². The Balaban J connectivity index is 2.07. The second-order valence-electron chi connectivity index (χ2n) is 7.89. The summed E-state index contributed by atoms with van der Waals surface area (Å²) >= 11 is 0. The van der Waals surface area contributed by atoms with Crippen LogP contribution in [0.3, 0.4) is 0 Å². The molecule has 0 radical (unpaired) electrons. The van der Waals surface area contributed by atoms with Gasteiger partial charge in [-0.1, -0.05) is 12.1 Å². The molecule has 3 N–H and O–H groups in total. The summed E-state index contributed by atoms with van der Waals surface area (Å²) in [7, 11) is 2.97. The fourth-order valence-corrected chi connectivity index (χ4v) is 4.51. The molecule has 0 saturated heterocycles. The molecular formula is C23H25N5O5. The van der Waals surface area contributed by atoms with Crippen molar-refractivity contribution in [1.29, 1.82) is 5.26 Å². The Labute approximate surface area is 190 Å². The van der Waals surface area contributed by atoms with Crippen LogP contribution in [-0.2, 0) is 19.0 Å². The minimum absolute atomic E-state index is 0.282. The SMILES string of the molecule is COC(OC)[C@@]1(C)Oc2ccc(N)cc2[C@H](n2c(NC#N)nc3ccccc32)[C@H]1OC(C)=O. The topological polar surface area (TPSA) is 134 Å². The predicted molar refractivity (Wildman–Crippen MR) is 120 cm³/mol. The smallest absolute Gasteiger partial charge is 0.303 e. The van der Waals surface area contributed by atoms with Gasteiger partial charge in [0.1, 0.15) is 11.8 Å². The zero-order valence-corrected chi connectivity index (χ0v) is 18.7. The fraction of sp³-hybridized carbons (Fsp3) is 0.348. The highest BCUT2D eigenvalue weighted by Crippen LogP contribution is 2.48. The molecular weight excluding hydrogens is 426 g/mol. The number of rotatable bonds is 6. The first-order valence-corrected chi connectivity index (χ1v) is 10.3. The minimum atomic E-state index is -1.27. The number of hydrogen-bond acceptors (Lipinski definition) is 9. The monoisotopic (exact) mass is 451 g/mol. The number of nitrogens with two attached hydrogens (primary N) is 1. The maximum Gasteiger partial charge on any atom is 0.303 e. The van der Waals surface area contributed by atoms with Crippen molar-refractivity contribution in [2.24, 2.45) is 0 Å². The number of imidazole rings is 1. The van der Waals surface area contributed by atoms with Gasteiger partial charge in [-0.25, -0.2) is 4.98 Å². The van der Waals surface area contributed by atoms with E-state index >= 15 is 0 Å². The molecule has 3 atom stereocenters. The quantitative estimate of drug-likeness (QED) is 0.191. The van der Waals surface area contributed by atoms with E-state index in [1.165, 1.54) is 21.1 Å². The number of carbonyl (C=O) groups is 1. The third-order valence-corrected chi connectivity index (χ3v) is 5.76. The molecule has 2 aromatic carbocycles. The molecule has 1 aromatic heterocycles. The number of fused-ring (bicyclic) bond motifs is 2. The Kier molecular flexibility index (Phi) is 5.84. The first kappa shape index (κ1) is 22.4. The summed E-state index contributed by atoms with van der Waals surface area (Å²) in [6, 6.07) is 12.0. The van der Waals surface area contributed by atoms with Crippen LogP contribution in [0.25, 0.3) is 11.0 Å². The highest BCUT2D eigenvalue weighted by Gasteiger charge is 2.56. The molecule has 0 aliphatic carbocycles. The first-order valence-electron chi connectivity index (χ1n) is 10.3. The molecule has 0 spiro atoms. The van der Waals surface area contributed by atoms with Gasteiger partial charge in [0, 0.05) is 32.4 Å². The number of esters is 1. The zero-order chi connectivity index (χ0) is 23.8. The number of ether oxygens (including phenoxy) is 4. The molecule has 4 rings (SSSR count). The Morgan fingerprint density at radius 3 is 2.70 bits per heavy atom. The Morgan fingerprint density at radius 2 is 2.03 bits per heavy atom. The molecule has 1 aliphatic rings. The second-order valence-corrected chi connectivity index (χ2v) is 7.89. The number of nitrogens with one attached hydrogen (secondary N) is 1. The lowest BCUT2D eigenvalue weighted by molar-refractivity contribution is -0.244. The van der Waals surface area contributed by atoms with Gasteiger partial charge in [-0.05, 0) is 37.3 Å². The molecule has 1 aliphatic heterocycles. The maximum atomic E-state index is 12.3. The van der Waals surface area contributed by atoms with E-state index in [1.54, 1.807) is 25.1 Å². The summed E-state index contributed by atoms with van der Waals surface area (Å²) in [6.45, 7) is 3.07. The lowest BCUT2D eigenvalue weighted by Gasteiger charge is -2.48. The highest BCUT2D eigenvalue weighted by molar-refractivity contribution is 5.80. The van der Waals surface area contributed by atoms with Crippen molar-refractivity contribution >= 4 is 28.6 Å². The lowest BCUT2D eigenvalue weighted by atomic mass is 9.83. The third kappa shape index (κ3) is 3.71. The number of carbonyl (C=O) groups excluding carboxylic acids is 1. The summed E-state index contributed by atoms with van der Waals surface area (Å²) in [5, 5.41) is 12.0. The van der Waals surface area contributed by atoms with E-state index in [0.717, 1.165) is 5.52 Å². The third-order valence-electron chi connectivity index (χ3n) is 5.76. The summed E-state index contributed by atoms with van der Waals surface area (Å²) < 4.78 is 25.2. The number of nitrogens with zero attached hydrogens (tertiary/aromatic N) is 3. The molecule has 10 heteroatoms. The molecule has 0 amide bonds. The normalized spacial score (nSPS) is 21.8. The van der Waals surface area contributed by atoms with E-state index in [0.29, 0.717) is 22.5 Å². The number of hydrogen-bond donors (Lipinski definition) is 2. The molecule has 33 heavy (non-hydrogen) atoms. The molecule has 172 valence electrons. The molecule has 2 heterocycles. The number of nitriles is 1. The highest BCUT2D eigenvalue weighted by atomic mass is 16.7. The van der Waals surface area contributed by atoms with E-state index in [4.69, 9.17) is 24.7 Å². The molecule has 0 saturated carbocycles. The maximum absolute atomic E-state index is 12.3. The number of methoxy groups -OCH3 is 2. The average molecular weight is 451 g/mol. The summed E-state index contributed by atoms with van der Waals surface area (Å²) in [4.78, 5) is 16.9. The Bertz CT molecular complexity index is 1230. The van der Waals surface area contributed by atoms with Gasteiger partial charge < -0.3 is 24.7 Å². The van der Waals surface area contributed by atoms with Crippen LogP contribution in [0.15, 0.2) is 42.5 Å². The number of anilines is 2. The Hall–Kier alpha value is -3.81. The summed E-state index contributed by atoms with van der Waals surface area (Å²) in [5.41, 5.74) is 7.41. The van der Waals surface area contributed by atoms with Gasteiger partial charge in [0.2, 0.25) is 12.2 Å². The zero-order valence-electron chi connectivity index (χ0n) is 18.7. The van der Waals surface area contributed by atoms with Gasteiger partial charge in [-0.3, -0.25) is 14.7 Å². The van der Waals surface area contributed by atoms with Gasteiger partial charge in [0.05, 0.1) is 11.0 Å². The fourth-order valence-electron chi connectivity index (χ4n) is 4.51. The van der Waals surface area contributed by atoms with E-state index in [1.807, 2.05) is 35.0 Å². The molecule has 3 aromatic rings. The first-order chi connectivity index (χ1) is 15.8. The van der Waals surface area contributed by atoms with Crippen LogP contribution in [0, 0.1) is 11.5 Å². The van der Waals surface area contributed by atoms with Crippen LogP contribution in [0.5, 0.6) is 5.75 Å². The molecule has 0 unspecified atom stereocenters. The van der Waals surface area contributed by atoms with Gasteiger partial charge in [0.15, 0.2) is 17.9 Å². The number of nitrogen functional groups attached to an aromatic ring is 1. The average Bonchev–Trinajstić information content (AvgIpc) is 3.13.